The number of aromatic nitrogens is 3. The Morgan fingerprint density at radius 2 is 2.00 bits per heavy atom. The standard InChI is InChI=1S/C25H20FN5O3/c1-2-34-25(33)29-23-11-15-13-27-21(12-20(15)28-23)18-9-14(7-8-19(18)26)10-22-16-5-3-4-6-17(16)24(32)31-30-22/h3-9,12-13H,2,10-11H2,1H3,(H,31,32)(H,28,29,33). The van der Waals surface area contributed by atoms with Crippen molar-refractivity contribution in [2.45, 2.75) is 19.8 Å². The lowest BCUT2D eigenvalue weighted by Crippen LogP contribution is -2.31. The molecule has 0 atom stereocenters. The summed E-state index contributed by atoms with van der Waals surface area (Å²) in [4.78, 5) is 32.6. The van der Waals surface area contributed by atoms with E-state index < -0.39 is 11.9 Å². The van der Waals surface area contributed by atoms with Gasteiger partial charge in [0.05, 0.1) is 29.1 Å². The van der Waals surface area contributed by atoms with Crippen LogP contribution in [0.5, 0.6) is 0 Å². The van der Waals surface area contributed by atoms with Crippen molar-refractivity contribution in [3.8, 4) is 11.3 Å². The van der Waals surface area contributed by atoms with Crippen molar-refractivity contribution < 1.29 is 13.9 Å². The van der Waals surface area contributed by atoms with Crippen LogP contribution in [0.2, 0.25) is 0 Å². The molecule has 4 aromatic rings. The molecule has 3 heterocycles. The highest BCUT2D eigenvalue weighted by atomic mass is 19.1. The lowest BCUT2D eigenvalue weighted by atomic mass is 10.0. The zero-order chi connectivity index (χ0) is 23.7. The number of amides is 1. The summed E-state index contributed by atoms with van der Waals surface area (Å²) in [6, 6.07) is 13.7. The summed E-state index contributed by atoms with van der Waals surface area (Å²) in [7, 11) is 0. The Labute approximate surface area is 193 Å². The van der Waals surface area contributed by atoms with Gasteiger partial charge < -0.3 is 4.74 Å². The van der Waals surface area contributed by atoms with Gasteiger partial charge in [-0.3, -0.25) is 15.1 Å². The van der Waals surface area contributed by atoms with Crippen LogP contribution >= 0.6 is 0 Å². The smallest absolute Gasteiger partial charge is 0.412 e. The number of hydrogen-bond acceptors (Lipinski definition) is 6. The minimum Gasteiger partial charge on any atom is -0.450 e. The number of benzene rings is 2. The van der Waals surface area contributed by atoms with Gasteiger partial charge in [0.2, 0.25) is 0 Å². The van der Waals surface area contributed by atoms with Gasteiger partial charge in [0.25, 0.3) is 5.56 Å². The number of nitrogens with one attached hydrogen (secondary N) is 2. The second-order valence-electron chi connectivity index (χ2n) is 7.81. The molecular formula is C25H20FN5O3. The van der Waals surface area contributed by atoms with Crippen molar-refractivity contribution in [2.75, 3.05) is 6.61 Å². The molecule has 2 aromatic carbocycles. The van der Waals surface area contributed by atoms with E-state index in [0.29, 0.717) is 46.7 Å². The normalized spacial score (nSPS) is 12.4. The maximum absolute atomic E-state index is 14.8. The predicted octanol–water partition coefficient (Wildman–Crippen LogP) is 4.05. The van der Waals surface area contributed by atoms with Gasteiger partial charge in [-0.2, -0.15) is 5.10 Å². The molecule has 0 unspecified atom stereocenters. The van der Waals surface area contributed by atoms with Crippen LogP contribution in [-0.2, 0) is 17.6 Å². The molecule has 9 heteroatoms. The van der Waals surface area contributed by atoms with Crippen molar-refractivity contribution in [3.05, 3.63) is 87.7 Å². The number of fused-ring (bicyclic) bond motifs is 2. The van der Waals surface area contributed by atoms with Crippen LogP contribution < -0.4 is 10.9 Å². The summed E-state index contributed by atoms with van der Waals surface area (Å²) in [5.74, 6) is 0.0416. The summed E-state index contributed by atoms with van der Waals surface area (Å²) in [6.45, 7) is 1.98. The topological polar surface area (TPSA) is 109 Å². The van der Waals surface area contributed by atoms with E-state index in [0.717, 1.165) is 16.5 Å². The highest BCUT2D eigenvalue weighted by molar-refractivity contribution is 6.01. The summed E-state index contributed by atoms with van der Waals surface area (Å²) in [5.41, 5.74) is 3.46. The number of alkyl carbamates (subject to hydrolysis) is 1. The first-order valence-corrected chi connectivity index (χ1v) is 10.8. The van der Waals surface area contributed by atoms with Gasteiger partial charge in [0, 0.05) is 35.6 Å². The molecule has 0 spiro atoms. The van der Waals surface area contributed by atoms with Gasteiger partial charge in [0.1, 0.15) is 11.7 Å². The Hall–Kier alpha value is -4.40. The van der Waals surface area contributed by atoms with Crippen molar-refractivity contribution >= 4 is 28.4 Å². The quantitative estimate of drug-likeness (QED) is 0.481. The molecule has 8 nitrogen and oxygen atoms in total. The fourth-order valence-corrected chi connectivity index (χ4v) is 3.96. The lowest BCUT2D eigenvalue weighted by Gasteiger charge is -2.09. The van der Waals surface area contributed by atoms with E-state index in [9.17, 15) is 14.0 Å². The third-order valence-corrected chi connectivity index (χ3v) is 5.55. The van der Waals surface area contributed by atoms with Crippen LogP contribution in [0.1, 0.15) is 23.7 Å². The van der Waals surface area contributed by atoms with Gasteiger partial charge in [-0.25, -0.2) is 19.3 Å². The minimum absolute atomic E-state index is 0.251. The minimum atomic E-state index is -0.565. The van der Waals surface area contributed by atoms with E-state index in [1.165, 1.54) is 6.07 Å². The number of nitrogens with zero attached hydrogens (tertiary/aromatic N) is 3. The molecule has 5 rings (SSSR count). The number of halogens is 1. The van der Waals surface area contributed by atoms with E-state index in [1.807, 2.05) is 12.1 Å². The molecule has 0 saturated carbocycles. The number of rotatable bonds is 4. The van der Waals surface area contributed by atoms with Crippen molar-refractivity contribution in [2.24, 2.45) is 4.99 Å². The molecule has 0 fully saturated rings. The second-order valence-corrected chi connectivity index (χ2v) is 7.81. The summed E-state index contributed by atoms with van der Waals surface area (Å²) < 4.78 is 19.7. The molecule has 2 N–H and O–H groups in total. The average Bonchev–Trinajstić information content (AvgIpc) is 3.23. The molecule has 1 aliphatic heterocycles. The fraction of sp³-hybridized carbons (Fsp3) is 0.160. The molecule has 0 bridgehead atoms. The number of aliphatic imine (C=N–C) groups is 1. The van der Waals surface area contributed by atoms with E-state index >= 15 is 0 Å². The van der Waals surface area contributed by atoms with Gasteiger partial charge in [-0.1, -0.05) is 24.3 Å². The lowest BCUT2D eigenvalue weighted by molar-refractivity contribution is 0.157. The maximum atomic E-state index is 14.8. The van der Waals surface area contributed by atoms with Crippen molar-refractivity contribution in [3.63, 3.8) is 0 Å². The number of hydrogen-bond donors (Lipinski definition) is 2. The molecule has 1 aliphatic rings. The number of carbonyl (C=O) groups excluding carboxylic acids is 1. The predicted molar refractivity (Wildman–Crippen MR) is 126 cm³/mol. The molecule has 34 heavy (non-hydrogen) atoms. The molecular weight excluding hydrogens is 437 g/mol. The van der Waals surface area contributed by atoms with E-state index in [4.69, 9.17) is 4.74 Å². The first-order chi connectivity index (χ1) is 16.5. The Bertz CT molecular complexity index is 1510. The molecule has 170 valence electrons. The number of ether oxygens (including phenoxy) is 1. The Morgan fingerprint density at radius 1 is 1.18 bits per heavy atom. The first kappa shape index (κ1) is 21.4. The Morgan fingerprint density at radius 3 is 2.82 bits per heavy atom. The molecule has 0 saturated heterocycles. The largest absolute Gasteiger partial charge is 0.450 e. The molecule has 1 amide bonds. The van der Waals surface area contributed by atoms with E-state index in [1.54, 1.807) is 43.5 Å². The van der Waals surface area contributed by atoms with Crippen LogP contribution in [0.3, 0.4) is 0 Å². The molecule has 0 aliphatic carbocycles. The number of pyridine rings is 1. The second kappa shape index (κ2) is 8.86. The van der Waals surface area contributed by atoms with E-state index in [-0.39, 0.29) is 12.2 Å². The number of H-pyrrole nitrogens is 1. The van der Waals surface area contributed by atoms with Crippen LogP contribution in [0.4, 0.5) is 14.9 Å². The van der Waals surface area contributed by atoms with Crippen LogP contribution in [-0.4, -0.2) is 33.7 Å². The highest BCUT2D eigenvalue weighted by Crippen LogP contribution is 2.31. The highest BCUT2D eigenvalue weighted by Gasteiger charge is 2.19. The van der Waals surface area contributed by atoms with Gasteiger partial charge >= 0.3 is 6.09 Å². The summed E-state index contributed by atoms with van der Waals surface area (Å²) >= 11 is 0. The van der Waals surface area contributed by atoms with E-state index in [2.05, 4.69) is 25.5 Å². The Balaban J connectivity index is 1.45. The monoisotopic (exact) mass is 457 g/mol. The molecule has 0 radical (unpaired) electrons. The van der Waals surface area contributed by atoms with Crippen LogP contribution in [0.15, 0.2) is 64.5 Å². The SMILES string of the molecule is CCOC(=O)NC1=Nc2cc(-c3cc(Cc4n[nH]c(=O)c5ccccc45)ccc3F)ncc2C1. The number of amidine groups is 1. The van der Waals surface area contributed by atoms with Crippen molar-refractivity contribution in [1.29, 1.82) is 0 Å². The zero-order valence-corrected chi connectivity index (χ0v) is 18.3. The van der Waals surface area contributed by atoms with Gasteiger partial charge in [0.15, 0.2) is 0 Å². The third-order valence-electron chi connectivity index (χ3n) is 5.55. The number of carbonyl (C=O) groups is 1. The average molecular weight is 457 g/mol. The van der Waals surface area contributed by atoms with Crippen molar-refractivity contribution in [1.82, 2.24) is 20.5 Å². The Kier molecular flexibility index (Phi) is 5.59. The summed E-state index contributed by atoms with van der Waals surface area (Å²) in [6.07, 6.45) is 1.89. The van der Waals surface area contributed by atoms with Gasteiger partial charge in [-0.05, 0) is 36.8 Å². The number of aromatic amines is 1. The van der Waals surface area contributed by atoms with Crippen LogP contribution in [0.25, 0.3) is 22.0 Å². The zero-order valence-electron chi connectivity index (χ0n) is 18.3. The molecule has 2 aromatic heterocycles. The maximum Gasteiger partial charge on any atom is 0.412 e. The van der Waals surface area contributed by atoms with Crippen LogP contribution in [0, 0.1) is 5.82 Å². The first-order valence-electron chi connectivity index (χ1n) is 10.8. The fourth-order valence-electron chi connectivity index (χ4n) is 3.96. The third kappa shape index (κ3) is 4.15. The summed E-state index contributed by atoms with van der Waals surface area (Å²) in [5, 5.41) is 10.7. The van der Waals surface area contributed by atoms with Gasteiger partial charge in [-0.15, -0.1) is 0 Å².